The number of halogens is 4. The highest BCUT2D eigenvalue weighted by atomic mass is 35.5. The fraction of sp³-hybridized carbons (Fsp3) is 0.227. The van der Waals surface area contributed by atoms with Crippen molar-refractivity contribution in [1.82, 2.24) is 0 Å². The first kappa shape index (κ1) is 21.8. The number of alkyl halides is 3. The summed E-state index contributed by atoms with van der Waals surface area (Å²) < 4.78 is 55.0. The number of esters is 1. The minimum atomic E-state index is -4.50. The van der Waals surface area contributed by atoms with Crippen molar-refractivity contribution in [2.45, 2.75) is 26.1 Å². The molecule has 3 aromatic carbocycles. The Morgan fingerprint density at radius 2 is 1.63 bits per heavy atom. The lowest BCUT2D eigenvalue weighted by molar-refractivity contribution is -0.150. The van der Waals surface area contributed by atoms with Crippen LogP contribution in [0.4, 0.5) is 13.2 Å². The van der Waals surface area contributed by atoms with Gasteiger partial charge >= 0.3 is 12.1 Å². The average Bonchev–Trinajstić information content (AvgIpc) is 2.69. The van der Waals surface area contributed by atoms with Gasteiger partial charge in [-0.25, -0.2) is 4.79 Å². The smallest absolute Gasteiger partial charge is 0.416 e. The molecular formula is C22H18ClF3O4. The van der Waals surface area contributed by atoms with Crippen LogP contribution in [0.25, 0.3) is 10.8 Å². The van der Waals surface area contributed by atoms with Gasteiger partial charge in [-0.2, -0.15) is 13.2 Å². The number of hydrogen-bond donors (Lipinski definition) is 0. The highest BCUT2D eigenvalue weighted by Crippen LogP contribution is 2.39. The molecule has 3 aromatic rings. The third-order valence-corrected chi connectivity index (χ3v) is 4.54. The van der Waals surface area contributed by atoms with E-state index in [1.165, 1.54) is 6.07 Å². The number of rotatable bonds is 6. The fourth-order valence-electron chi connectivity index (χ4n) is 2.82. The summed E-state index contributed by atoms with van der Waals surface area (Å²) >= 11 is 6.00. The molecule has 0 N–H and O–H groups in total. The molecule has 0 spiro atoms. The van der Waals surface area contributed by atoms with Gasteiger partial charge in [0.25, 0.3) is 0 Å². The number of benzene rings is 3. The number of carbonyl (C=O) groups is 1. The molecule has 1 atom stereocenters. The van der Waals surface area contributed by atoms with Crippen molar-refractivity contribution in [3.8, 4) is 17.2 Å². The molecule has 0 aliphatic heterocycles. The molecule has 0 aliphatic carbocycles. The Labute approximate surface area is 176 Å². The lowest BCUT2D eigenvalue weighted by Gasteiger charge is -2.16. The summed E-state index contributed by atoms with van der Waals surface area (Å²) in [5, 5.41) is 1.14. The molecular weight excluding hydrogens is 421 g/mol. The maximum atomic E-state index is 12.8. The zero-order chi connectivity index (χ0) is 21.9. The van der Waals surface area contributed by atoms with Crippen molar-refractivity contribution >= 4 is 28.3 Å². The molecule has 30 heavy (non-hydrogen) atoms. The lowest BCUT2D eigenvalue weighted by atomic mass is 10.1. The van der Waals surface area contributed by atoms with Crippen LogP contribution in [0, 0.1) is 0 Å². The molecule has 0 saturated carbocycles. The summed E-state index contributed by atoms with van der Waals surface area (Å²) in [6.07, 6.45) is -5.31. The van der Waals surface area contributed by atoms with Crippen LogP contribution >= 0.6 is 11.6 Å². The molecule has 0 radical (unpaired) electrons. The zero-order valence-corrected chi connectivity index (χ0v) is 16.9. The third-order valence-electron chi connectivity index (χ3n) is 4.24. The van der Waals surface area contributed by atoms with E-state index in [2.05, 4.69) is 0 Å². The molecule has 3 rings (SSSR count). The van der Waals surface area contributed by atoms with E-state index in [4.69, 9.17) is 25.8 Å². The molecule has 8 heteroatoms. The summed E-state index contributed by atoms with van der Waals surface area (Å²) in [7, 11) is 0. The van der Waals surface area contributed by atoms with E-state index < -0.39 is 23.8 Å². The molecule has 0 aromatic heterocycles. The Kier molecular flexibility index (Phi) is 6.41. The fourth-order valence-corrected chi connectivity index (χ4v) is 3.04. The lowest BCUT2D eigenvalue weighted by Crippen LogP contribution is -2.26. The Hall–Kier alpha value is -2.93. The number of hydrogen-bond acceptors (Lipinski definition) is 4. The van der Waals surface area contributed by atoms with Gasteiger partial charge in [-0.1, -0.05) is 35.9 Å². The first-order valence-electron chi connectivity index (χ1n) is 9.10. The topological polar surface area (TPSA) is 44.8 Å². The van der Waals surface area contributed by atoms with Crippen LogP contribution in [-0.2, 0) is 15.7 Å². The van der Waals surface area contributed by atoms with Crippen LogP contribution in [-0.4, -0.2) is 18.7 Å². The summed E-state index contributed by atoms with van der Waals surface area (Å²) in [6, 6.07) is 13.2. The van der Waals surface area contributed by atoms with E-state index in [0.29, 0.717) is 22.3 Å². The van der Waals surface area contributed by atoms with Gasteiger partial charge in [0.1, 0.15) is 17.2 Å². The highest BCUT2D eigenvalue weighted by Gasteiger charge is 2.31. The van der Waals surface area contributed by atoms with Crippen molar-refractivity contribution in [3.63, 3.8) is 0 Å². The minimum Gasteiger partial charge on any atom is -0.478 e. The Morgan fingerprint density at radius 3 is 2.23 bits per heavy atom. The normalized spacial score (nSPS) is 12.5. The van der Waals surface area contributed by atoms with Gasteiger partial charge in [0.2, 0.25) is 0 Å². The van der Waals surface area contributed by atoms with Crippen molar-refractivity contribution in [1.29, 1.82) is 0 Å². The summed E-state index contributed by atoms with van der Waals surface area (Å²) in [4.78, 5) is 11.9. The van der Waals surface area contributed by atoms with E-state index in [1.54, 1.807) is 50.2 Å². The Bertz CT molecular complexity index is 1070. The molecule has 0 fully saturated rings. The maximum absolute atomic E-state index is 12.8. The molecule has 0 amide bonds. The van der Waals surface area contributed by atoms with Gasteiger partial charge in [-0.3, -0.25) is 0 Å². The van der Waals surface area contributed by atoms with Gasteiger partial charge in [-0.05, 0) is 44.2 Å². The van der Waals surface area contributed by atoms with Gasteiger partial charge in [0.15, 0.2) is 6.10 Å². The third kappa shape index (κ3) is 4.79. The van der Waals surface area contributed by atoms with E-state index in [1.807, 2.05) is 0 Å². The van der Waals surface area contributed by atoms with Crippen molar-refractivity contribution in [2.24, 2.45) is 0 Å². The number of ether oxygens (including phenoxy) is 3. The standard InChI is InChI=1S/C22H18ClF3O4/c1-3-28-21(27)13(2)29-18-8-4-7-16-15(18)6-5-9-19(16)30-20-11-10-14(12-17(20)23)22(24,25)26/h4-13H,3H2,1-2H3. The van der Waals surface area contributed by atoms with Crippen LogP contribution in [0.2, 0.25) is 5.02 Å². The van der Waals surface area contributed by atoms with E-state index in [0.717, 1.165) is 12.1 Å². The molecule has 1 unspecified atom stereocenters. The molecule has 0 heterocycles. The predicted octanol–water partition coefficient (Wildman–Crippen LogP) is 6.63. The first-order valence-corrected chi connectivity index (χ1v) is 9.48. The van der Waals surface area contributed by atoms with Crippen LogP contribution < -0.4 is 9.47 Å². The van der Waals surface area contributed by atoms with Crippen molar-refractivity contribution in [3.05, 3.63) is 65.2 Å². The maximum Gasteiger partial charge on any atom is 0.416 e. The second kappa shape index (κ2) is 8.83. The van der Waals surface area contributed by atoms with Crippen molar-refractivity contribution < 1.29 is 32.2 Å². The SMILES string of the molecule is CCOC(=O)C(C)Oc1cccc2c(Oc3ccc(C(F)(F)F)cc3Cl)cccc12. The molecule has 0 bridgehead atoms. The number of carbonyl (C=O) groups excluding carboxylic acids is 1. The highest BCUT2D eigenvalue weighted by molar-refractivity contribution is 6.32. The first-order chi connectivity index (χ1) is 14.2. The summed E-state index contributed by atoms with van der Waals surface area (Å²) in [5.41, 5.74) is -0.860. The predicted molar refractivity (Wildman–Crippen MR) is 107 cm³/mol. The van der Waals surface area contributed by atoms with Crippen LogP contribution in [0.3, 0.4) is 0 Å². The molecule has 0 aliphatic rings. The van der Waals surface area contributed by atoms with Crippen LogP contribution in [0.15, 0.2) is 54.6 Å². The van der Waals surface area contributed by atoms with E-state index in [-0.39, 0.29) is 17.4 Å². The van der Waals surface area contributed by atoms with Gasteiger partial charge < -0.3 is 14.2 Å². The van der Waals surface area contributed by atoms with Crippen LogP contribution in [0.1, 0.15) is 19.4 Å². The molecule has 158 valence electrons. The monoisotopic (exact) mass is 438 g/mol. The summed E-state index contributed by atoms with van der Waals surface area (Å²) in [5.74, 6) is 0.419. The van der Waals surface area contributed by atoms with Crippen LogP contribution in [0.5, 0.6) is 17.2 Å². The quantitative estimate of drug-likeness (QED) is 0.405. The molecule has 0 saturated heterocycles. The zero-order valence-electron chi connectivity index (χ0n) is 16.1. The van der Waals surface area contributed by atoms with E-state index >= 15 is 0 Å². The largest absolute Gasteiger partial charge is 0.478 e. The Morgan fingerprint density at radius 1 is 1.00 bits per heavy atom. The van der Waals surface area contributed by atoms with Gasteiger partial charge in [0, 0.05) is 10.8 Å². The second-order valence-corrected chi connectivity index (χ2v) is 6.77. The number of fused-ring (bicyclic) bond motifs is 1. The van der Waals surface area contributed by atoms with Gasteiger partial charge in [0.05, 0.1) is 17.2 Å². The average molecular weight is 439 g/mol. The van der Waals surface area contributed by atoms with Crippen molar-refractivity contribution in [2.75, 3.05) is 6.61 Å². The molecule has 4 nitrogen and oxygen atoms in total. The minimum absolute atomic E-state index is 0.0865. The second-order valence-electron chi connectivity index (χ2n) is 6.36. The Balaban J connectivity index is 1.92. The van der Waals surface area contributed by atoms with E-state index in [9.17, 15) is 18.0 Å². The van der Waals surface area contributed by atoms with Gasteiger partial charge in [-0.15, -0.1) is 0 Å². The summed E-state index contributed by atoms with van der Waals surface area (Å²) in [6.45, 7) is 3.53.